The Morgan fingerprint density at radius 3 is 2.84 bits per heavy atom. The maximum Gasteiger partial charge on any atom is 0.292 e. The molecule has 6 nitrogen and oxygen atoms in total. The van der Waals surface area contributed by atoms with E-state index >= 15 is 0 Å². The highest BCUT2D eigenvalue weighted by Crippen LogP contribution is 2.37. The van der Waals surface area contributed by atoms with Crippen LogP contribution >= 0.6 is 0 Å². The lowest BCUT2D eigenvalue weighted by atomic mass is 9.96. The first kappa shape index (κ1) is 17.2. The summed E-state index contributed by atoms with van der Waals surface area (Å²) in [4.78, 5) is 11.0. The summed E-state index contributed by atoms with van der Waals surface area (Å²) in [5.74, 6) is -0.00841. The van der Waals surface area contributed by atoms with Crippen LogP contribution in [-0.2, 0) is 12.8 Å². The van der Waals surface area contributed by atoms with Gasteiger partial charge in [-0.05, 0) is 37.0 Å². The molecule has 0 saturated carbocycles. The van der Waals surface area contributed by atoms with Gasteiger partial charge in [-0.15, -0.1) is 0 Å². The van der Waals surface area contributed by atoms with E-state index < -0.39 is 0 Å². The molecule has 0 fully saturated rings. The largest absolute Gasteiger partial charge is 0.396 e. The van der Waals surface area contributed by atoms with E-state index in [0.29, 0.717) is 12.2 Å². The third kappa shape index (κ3) is 3.74. The Morgan fingerprint density at radius 2 is 2.12 bits per heavy atom. The van der Waals surface area contributed by atoms with Crippen molar-refractivity contribution in [3.63, 3.8) is 0 Å². The molecular weight excluding hydrogens is 318 g/mol. The number of nitrogens with one attached hydrogen (secondary N) is 2. The number of nitro groups is 1. The summed E-state index contributed by atoms with van der Waals surface area (Å²) in [7, 11) is 0. The Morgan fingerprint density at radius 1 is 1.32 bits per heavy atom. The minimum atomic E-state index is -0.351. The number of fused-ring (bicyclic) bond motifs is 1. The Hall–Kier alpha value is -2.60. The van der Waals surface area contributed by atoms with Crippen LogP contribution in [0.4, 0.5) is 17.1 Å². The van der Waals surface area contributed by atoms with Crippen molar-refractivity contribution in [2.24, 2.45) is 5.92 Å². The molecule has 0 spiro atoms. The maximum atomic E-state index is 11.4. The van der Waals surface area contributed by atoms with Crippen LogP contribution in [0.1, 0.15) is 16.7 Å². The molecule has 1 aliphatic rings. The van der Waals surface area contributed by atoms with E-state index in [9.17, 15) is 15.2 Å². The van der Waals surface area contributed by atoms with Gasteiger partial charge in [0, 0.05) is 42.9 Å². The first-order chi connectivity index (χ1) is 12.1. The molecule has 0 amide bonds. The molecule has 6 heteroatoms. The number of nitro benzene ring substituents is 1. The van der Waals surface area contributed by atoms with Crippen molar-refractivity contribution in [3.05, 3.63) is 63.2 Å². The van der Waals surface area contributed by atoms with Crippen molar-refractivity contribution in [3.8, 4) is 0 Å². The van der Waals surface area contributed by atoms with E-state index in [1.807, 2.05) is 12.1 Å². The van der Waals surface area contributed by atoms with Crippen molar-refractivity contribution < 1.29 is 10.0 Å². The molecule has 132 valence electrons. The van der Waals surface area contributed by atoms with Gasteiger partial charge in [0.05, 0.1) is 4.92 Å². The Balaban J connectivity index is 1.77. The van der Waals surface area contributed by atoms with Gasteiger partial charge in [-0.2, -0.15) is 0 Å². The van der Waals surface area contributed by atoms with E-state index in [1.165, 1.54) is 17.2 Å². The van der Waals surface area contributed by atoms with E-state index in [1.54, 1.807) is 6.07 Å². The van der Waals surface area contributed by atoms with Crippen LogP contribution in [0, 0.1) is 23.0 Å². The fraction of sp³-hybridized carbons (Fsp3) is 0.368. The Labute approximate surface area is 147 Å². The standard InChI is InChI=1S/C19H23N3O3/c1-13-4-2-3-5-15(13)10-14(12-23)11-21-19-16-8-9-20-17(16)6-7-18(19)22(24)25/h2-7,14,20-21,23H,8-12H2,1H3. The smallest absolute Gasteiger partial charge is 0.292 e. The normalized spacial score (nSPS) is 13.8. The third-order valence-electron chi connectivity index (χ3n) is 4.77. The number of rotatable bonds is 7. The summed E-state index contributed by atoms with van der Waals surface area (Å²) >= 11 is 0. The molecule has 0 aromatic heterocycles. The van der Waals surface area contributed by atoms with Crippen molar-refractivity contribution in [1.82, 2.24) is 0 Å². The number of benzene rings is 2. The van der Waals surface area contributed by atoms with Crippen molar-refractivity contribution >= 4 is 17.1 Å². The quantitative estimate of drug-likeness (QED) is 0.532. The highest BCUT2D eigenvalue weighted by Gasteiger charge is 2.24. The first-order valence-corrected chi connectivity index (χ1v) is 8.53. The molecule has 25 heavy (non-hydrogen) atoms. The van der Waals surface area contributed by atoms with Crippen molar-refractivity contribution in [2.45, 2.75) is 19.8 Å². The van der Waals surface area contributed by atoms with Crippen LogP contribution in [0.2, 0.25) is 0 Å². The number of aliphatic hydroxyl groups is 1. The van der Waals surface area contributed by atoms with Gasteiger partial charge in [-0.3, -0.25) is 10.1 Å². The molecule has 1 aliphatic heterocycles. The Kier molecular flexibility index (Phi) is 5.19. The summed E-state index contributed by atoms with van der Waals surface area (Å²) in [6.45, 7) is 3.36. The van der Waals surface area contributed by atoms with E-state index in [4.69, 9.17) is 0 Å². The molecule has 1 unspecified atom stereocenters. The number of hydrogen-bond donors (Lipinski definition) is 3. The lowest BCUT2D eigenvalue weighted by Crippen LogP contribution is -2.21. The summed E-state index contributed by atoms with van der Waals surface area (Å²) in [5.41, 5.74) is 4.97. The fourth-order valence-corrected chi connectivity index (χ4v) is 3.33. The highest BCUT2D eigenvalue weighted by atomic mass is 16.6. The molecule has 0 bridgehead atoms. The summed E-state index contributed by atoms with van der Waals surface area (Å²) in [5, 5.41) is 27.6. The van der Waals surface area contributed by atoms with Crippen LogP contribution in [0.3, 0.4) is 0 Å². The molecule has 0 saturated heterocycles. The minimum Gasteiger partial charge on any atom is -0.396 e. The zero-order chi connectivity index (χ0) is 17.8. The predicted octanol–water partition coefficient (Wildman–Crippen LogP) is 3.13. The van der Waals surface area contributed by atoms with Gasteiger partial charge in [-0.1, -0.05) is 24.3 Å². The number of anilines is 2. The molecule has 1 atom stereocenters. The molecule has 1 heterocycles. The van der Waals surface area contributed by atoms with Gasteiger partial charge < -0.3 is 15.7 Å². The summed E-state index contributed by atoms with van der Waals surface area (Å²) in [6, 6.07) is 11.4. The average molecular weight is 341 g/mol. The van der Waals surface area contributed by atoms with Gasteiger partial charge in [-0.25, -0.2) is 0 Å². The molecule has 2 aromatic carbocycles. The molecule has 3 N–H and O–H groups in total. The highest BCUT2D eigenvalue weighted by molar-refractivity contribution is 5.77. The second-order valence-corrected chi connectivity index (χ2v) is 6.48. The van der Waals surface area contributed by atoms with Crippen molar-refractivity contribution in [1.29, 1.82) is 0 Å². The first-order valence-electron chi connectivity index (χ1n) is 8.53. The van der Waals surface area contributed by atoms with Crippen LogP contribution in [-0.4, -0.2) is 29.7 Å². The molecule has 3 rings (SSSR count). The second-order valence-electron chi connectivity index (χ2n) is 6.48. The zero-order valence-electron chi connectivity index (χ0n) is 14.3. The van der Waals surface area contributed by atoms with E-state index in [-0.39, 0.29) is 23.1 Å². The van der Waals surface area contributed by atoms with Crippen molar-refractivity contribution in [2.75, 3.05) is 30.3 Å². The SMILES string of the molecule is Cc1ccccc1CC(CO)CNc1c([N+](=O)[O-])ccc2c1CCN2. The van der Waals surface area contributed by atoms with E-state index in [2.05, 4.69) is 29.7 Å². The number of aryl methyl sites for hydroxylation is 1. The zero-order valence-corrected chi connectivity index (χ0v) is 14.3. The topological polar surface area (TPSA) is 87.4 Å². The second kappa shape index (κ2) is 7.53. The predicted molar refractivity (Wildman–Crippen MR) is 99.2 cm³/mol. The van der Waals surface area contributed by atoms with Gasteiger partial charge in [0.15, 0.2) is 0 Å². The monoisotopic (exact) mass is 341 g/mol. The van der Waals surface area contributed by atoms with Gasteiger partial charge in [0.1, 0.15) is 5.69 Å². The fourth-order valence-electron chi connectivity index (χ4n) is 3.33. The summed E-state index contributed by atoms with van der Waals surface area (Å²) in [6.07, 6.45) is 1.50. The van der Waals surface area contributed by atoms with Crippen LogP contribution in [0.5, 0.6) is 0 Å². The number of aliphatic hydroxyl groups excluding tert-OH is 1. The summed E-state index contributed by atoms with van der Waals surface area (Å²) < 4.78 is 0. The number of nitrogens with zero attached hydrogens (tertiary/aromatic N) is 1. The lowest BCUT2D eigenvalue weighted by Gasteiger charge is -2.18. The van der Waals surface area contributed by atoms with Gasteiger partial charge >= 0.3 is 0 Å². The number of hydrogen-bond acceptors (Lipinski definition) is 5. The molecule has 0 radical (unpaired) electrons. The Bertz CT molecular complexity index is 777. The van der Waals surface area contributed by atoms with Gasteiger partial charge in [0.2, 0.25) is 0 Å². The van der Waals surface area contributed by atoms with E-state index in [0.717, 1.165) is 30.6 Å². The maximum absolute atomic E-state index is 11.4. The minimum absolute atomic E-state index is 0.00841. The van der Waals surface area contributed by atoms with Crippen LogP contribution in [0.25, 0.3) is 0 Å². The molecule has 0 aliphatic carbocycles. The molecular formula is C19H23N3O3. The third-order valence-corrected chi connectivity index (χ3v) is 4.77. The lowest BCUT2D eigenvalue weighted by molar-refractivity contribution is -0.384. The van der Waals surface area contributed by atoms with Crippen LogP contribution in [0.15, 0.2) is 36.4 Å². The average Bonchev–Trinajstić information content (AvgIpc) is 3.08. The molecule has 2 aromatic rings. The van der Waals surface area contributed by atoms with Crippen LogP contribution < -0.4 is 10.6 Å². The van der Waals surface area contributed by atoms with Gasteiger partial charge in [0.25, 0.3) is 5.69 Å².